The number of hydrogen-bond donors (Lipinski definition) is 0. The predicted octanol–water partition coefficient (Wildman–Crippen LogP) is 3.63. The number of pyridine rings is 1. The van der Waals surface area contributed by atoms with Crippen LogP contribution in [0.4, 0.5) is 8.78 Å². The molecule has 0 unspecified atom stereocenters. The van der Waals surface area contributed by atoms with E-state index in [2.05, 4.69) is 20.9 Å². The fraction of sp³-hybridized carbons (Fsp3) is 0.455. The number of hydrogen-bond acceptors (Lipinski definition) is 3. The van der Waals surface area contributed by atoms with Crippen molar-refractivity contribution in [2.45, 2.75) is 25.7 Å². The quantitative estimate of drug-likeness (QED) is 0.606. The van der Waals surface area contributed by atoms with E-state index in [9.17, 15) is 13.6 Å². The minimum Gasteiger partial charge on any atom is -0.466 e. The Labute approximate surface area is 117 Å². The number of ether oxygens (including phenoxy) is 1. The van der Waals surface area contributed by atoms with Crippen molar-refractivity contribution in [1.29, 1.82) is 0 Å². The highest BCUT2D eigenvalue weighted by Crippen LogP contribution is 2.27. The zero-order valence-electron chi connectivity index (χ0n) is 9.55. The molecule has 3 nitrogen and oxygen atoms in total. The summed E-state index contributed by atoms with van der Waals surface area (Å²) < 4.78 is 30.5. The third kappa shape index (κ3) is 3.88. The number of carbonyl (C=O) groups excluding carboxylic acids is 1. The van der Waals surface area contributed by atoms with Crippen LogP contribution in [0, 0.1) is 0 Å². The van der Waals surface area contributed by atoms with Gasteiger partial charge in [0.1, 0.15) is 5.69 Å². The normalized spacial score (nSPS) is 10.8. The Balaban J connectivity index is 3.08. The molecular weight excluding hydrogens is 331 g/mol. The summed E-state index contributed by atoms with van der Waals surface area (Å²) >= 11 is 8.86. The average Bonchev–Trinajstić information content (AvgIpc) is 2.31. The van der Waals surface area contributed by atoms with E-state index < -0.39 is 18.1 Å². The van der Waals surface area contributed by atoms with Crippen LogP contribution in [0.15, 0.2) is 10.5 Å². The van der Waals surface area contributed by atoms with E-state index in [1.165, 1.54) is 6.07 Å². The van der Waals surface area contributed by atoms with Crippen LogP contribution in [-0.4, -0.2) is 17.6 Å². The number of rotatable bonds is 5. The minimum absolute atomic E-state index is 0.0542. The Morgan fingerprint density at radius 3 is 2.78 bits per heavy atom. The van der Waals surface area contributed by atoms with Crippen LogP contribution >= 0.6 is 27.5 Å². The van der Waals surface area contributed by atoms with Gasteiger partial charge in [-0.3, -0.25) is 9.78 Å². The van der Waals surface area contributed by atoms with Gasteiger partial charge < -0.3 is 4.74 Å². The molecule has 0 amide bonds. The van der Waals surface area contributed by atoms with Gasteiger partial charge in [-0.25, -0.2) is 8.78 Å². The Morgan fingerprint density at radius 2 is 2.28 bits per heavy atom. The second kappa shape index (κ2) is 6.99. The fourth-order valence-corrected chi connectivity index (χ4v) is 2.19. The van der Waals surface area contributed by atoms with Crippen LogP contribution in [0.25, 0.3) is 0 Å². The molecule has 0 aliphatic heterocycles. The molecule has 0 aliphatic carbocycles. The van der Waals surface area contributed by atoms with Crippen LogP contribution in [0.2, 0.25) is 0 Å². The van der Waals surface area contributed by atoms with Crippen molar-refractivity contribution in [3.05, 3.63) is 27.5 Å². The Morgan fingerprint density at radius 1 is 1.61 bits per heavy atom. The van der Waals surface area contributed by atoms with E-state index in [0.717, 1.165) is 0 Å². The maximum Gasteiger partial charge on any atom is 0.311 e. The number of halogens is 4. The second-order valence-electron chi connectivity index (χ2n) is 3.38. The molecule has 0 aromatic carbocycles. The van der Waals surface area contributed by atoms with Crippen LogP contribution in [-0.2, 0) is 21.8 Å². The first-order chi connectivity index (χ1) is 8.49. The van der Waals surface area contributed by atoms with Crippen molar-refractivity contribution in [2.75, 3.05) is 6.61 Å². The van der Waals surface area contributed by atoms with Gasteiger partial charge in [-0.2, -0.15) is 0 Å². The SMILES string of the molecule is CCOC(=O)Cc1nc(C(F)F)cc(CCl)c1Br. The highest BCUT2D eigenvalue weighted by molar-refractivity contribution is 9.10. The van der Waals surface area contributed by atoms with Gasteiger partial charge in [-0.05, 0) is 34.5 Å². The van der Waals surface area contributed by atoms with Gasteiger partial charge in [0, 0.05) is 10.4 Å². The lowest BCUT2D eigenvalue weighted by molar-refractivity contribution is -0.142. The first-order valence-corrected chi connectivity index (χ1v) is 6.50. The van der Waals surface area contributed by atoms with E-state index in [4.69, 9.17) is 16.3 Å². The molecule has 1 heterocycles. The topological polar surface area (TPSA) is 39.2 Å². The minimum atomic E-state index is -2.71. The van der Waals surface area contributed by atoms with Gasteiger partial charge in [0.05, 0.1) is 18.7 Å². The maximum absolute atomic E-state index is 12.6. The summed E-state index contributed by atoms with van der Waals surface area (Å²) in [5, 5.41) is 0. The van der Waals surface area contributed by atoms with Crippen LogP contribution < -0.4 is 0 Å². The molecule has 0 fully saturated rings. The average molecular weight is 343 g/mol. The molecule has 0 radical (unpaired) electrons. The van der Waals surface area contributed by atoms with Crippen LogP contribution in [0.5, 0.6) is 0 Å². The number of carbonyl (C=O) groups is 1. The highest BCUT2D eigenvalue weighted by atomic mass is 79.9. The first kappa shape index (κ1) is 15.3. The fourth-order valence-electron chi connectivity index (χ4n) is 1.34. The van der Waals surface area contributed by atoms with Crippen molar-refractivity contribution in [3.8, 4) is 0 Å². The Kier molecular flexibility index (Phi) is 5.95. The van der Waals surface area contributed by atoms with E-state index in [-0.39, 0.29) is 24.6 Å². The van der Waals surface area contributed by atoms with Crippen molar-refractivity contribution in [1.82, 2.24) is 4.98 Å². The van der Waals surface area contributed by atoms with Crippen LogP contribution in [0.1, 0.15) is 30.3 Å². The molecule has 0 N–H and O–H groups in total. The molecule has 18 heavy (non-hydrogen) atoms. The van der Waals surface area contributed by atoms with Crippen LogP contribution in [0.3, 0.4) is 0 Å². The summed E-state index contributed by atoms with van der Waals surface area (Å²) in [6.45, 7) is 1.90. The monoisotopic (exact) mass is 341 g/mol. The summed E-state index contributed by atoms with van der Waals surface area (Å²) in [6.07, 6.45) is -2.88. The second-order valence-corrected chi connectivity index (χ2v) is 4.44. The number of alkyl halides is 3. The smallest absolute Gasteiger partial charge is 0.311 e. The van der Waals surface area contributed by atoms with E-state index in [0.29, 0.717) is 10.0 Å². The van der Waals surface area contributed by atoms with Gasteiger partial charge in [-0.1, -0.05) is 0 Å². The van der Waals surface area contributed by atoms with Crippen molar-refractivity contribution in [2.24, 2.45) is 0 Å². The van der Waals surface area contributed by atoms with Crippen molar-refractivity contribution in [3.63, 3.8) is 0 Å². The van der Waals surface area contributed by atoms with Gasteiger partial charge in [-0.15, -0.1) is 11.6 Å². The van der Waals surface area contributed by atoms with Crippen molar-refractivity contribution < 1.29 is 18.3 Å². The lowest BCUT2D eigenvalue weighted by Crippen LogP contribution is -2.11. The lowest BCUT2D eigenvalue weighted by atomic mass is 10.1. The molecule has 1 aromatic rings. The molecule has 1 rings (SSSR count). The predicted molar refractivity (Wildman–Crippen MR) is 66.8 cm³/mol. The van der Waals surface area contributed by atoms with E-state index in [1.54, 1.807) is 6.92 Å². The standard InChI is InChI=1S/C11H11BrClF2NO2/c1-2-18-9(17)4-7-10(12)6(5-13)3-8(16-7)11(14)15/h3,11H,2,4-5H2,1H3. The Bertz CT molecular complexity index is 443. The summed E-state index contributed by atoms with van der Waals surface area (Å²) in [7, 11) is 0. The number of nitrogens with zero attached hydrogens (tertiary/aromatic N) is 1. The molecule has 0 saturated carbocycles. The Hall–Kier alpha value is -0.750. The van der Waals surface area contributed by atoms with Gasteiger partial charge >= 0.3 is 5.97 Å². The number of aromatic nitrogens is 1. The lowest BCUT2D eigenvalue weighted by Gasteiger charge is -2.10. The van der Waals surface area contributed by atoms with Gasteiger partial charge in [0.15, 0.2) is 0 Å². The molecule has 7 heteroatoms. The third-order valence-electron chi connectivity index (χ3n) is 2.11. The number of esters is 1. The molecule has 0 atom stereocenters. The zero-order chi connectivity index (χ0) is 13.7. The third-order valence-corrected chi connectivity index (χ3v) is 3.36. The van der Waals surface area contributed by atoms with E-state index in [1.807, 2.05) is 0 Å². The van der Waals surface area contributed by atoms with Gasteiger partial charge in [0.25, 0.3) is 6.43 Å². The molecule has 0 saturated heterocycles. The zero-order valence-corrected chi connectivity index (χ0v) is 11.9. The summed E-state index contributed by atoms with van der Waals surface area (Å²) in [5.74, 6) is -0.462. The summed E-state index contributed by atoms with van der Waals surface area (Å²) in [4.78, 5) is 15.1. The largest absolute Gasteiger partial charge is 0.466 e. The summed E-state index contributed by atoms with van der Waals surface area (Å²) in [5.41, 5.74) is 0.288. The van der Waals surface area contributed by atoms with Crippen molar-refractivity contribution >= 4 is 33.5 Å². The van der Waals surface area contributed by atoms with Gasteiger partial charge in [0.2, 0.25) is 0 Å². The maximum atomic E-state index is 12.6. The molecule has 100 valence electrons. The molecule has 0 aliphatic rings. The molecule has 0 bridgehead atoms. The highest BCUT2D eigenvalue weighted by Gasteiger charge is 2.18. The molecular formula is C11H11BrClF2NO2. The summed E-state index contributed by atoms with van der Waals surface area (Å²) in [6, 6.07) is 1.22. The first-order valence-electron chi connectivity index (χ1n) is 5.17. The molecule has 1 aromatic heterocycles. The molecule has 0 spiro atoms. The van der Waals surface area contributed by atoms with E-state index >= 15 is 0 Å².